The van der Waals surface area contributed by atoms with Crippen molar-refractivity contribution < 1.29 is 17.9 Å². The Hall–Kier alpha value is -0.820. The summed E-state index contributed by atoms with van der Waals surface area (Å²) >= 11 is 0. The maximum Gasteiger partial charge on any atom is 0.317 e. The number of rotatable bonds is 3. The van der Waals surface area contributed by atoms with Crippen molar-refractivity contribution in [1.82, 2.24) is 10.2 Å². The third kappa shape index (κ3) is 3.09. The van der Waals surface area contributed by atoms with E-state index in [2.05, 4.69) is 5.32 Å². The molecule has 3 fully saturated rings. The summed E-state index contributed by atoms with van der Waals surface area (Å²) in [6.45, 7) is 1.34. The first-order valence-corrected chi connectivity index (χ1v) is 10.4. The lowest BCUT2D eigenvalue weighted by Crippen LogP contribution is -2.48. The Bertz CT molecular complexity index is 550. The predicted octanol–water partition coefficient (Wildman–Crippen LogP) is 1.70. The van der Waals surface area contributed by atoms with Gasteiger partial charge in [0.25, 0.3) is 0 Å². The minimum Gasteiger partial charge on any atom is -0.376 e. The van der Waals surface area contributed by atoms with Crippen molar-refractivity contribution in [2.24, 2.45) is 0 Å². The fourth-order valence-electron chi connectivity index (χ4n) is 4.21. The summed E-state index contributed by atoms with van der Waals surface area (Å²) in [5.41, 5.74) is -0.233. The molecule has 132 valence electrons. The first-order chi connectivity index (χ1) is 10.9. The van der Waals surface area contributed by atoms with Crippen molar-refractivity contribution in [3.63, 3.8) is 0 Å². The molecule has 7 heteroatoms. The lowest BCUT2D eigenvalue weighted by atomic mass is 9.81. The number of methoxy groups -OCH3 is 1. The van der Waals surface area contributed by atoms with E-state index in [1.54, 1.807) is 12.0 Å². The molecule has 0 radical (unpaired) electrons. The predicted molar refractivity (Wildman–Crippen MR) is 88.2 cm³/mol. The fraction of sp³-hybridized carbons (Fsp3) is 0.938. The number of nitrogens with one attached hydrogen (secondary N) is 1. The largest absolute Gasteiger partial charge is 0.376 e. The van der Waals surface area contributed by atoms with Crippen molar-refractivity contribution in [2.45, 2.75) is 61.7 Å². The van der Waals surface area contributed by atoms with Crippen molar-refractivity contribution in [2.75, 3.05) is 32.5 Å². The summed E-state index contributed by atoms with van der Waals surface area (Å²) in [7, 11) is -1.38. The molecule has 1 N–H and O–H groups in total. The highest BCUT2D eigenvalue weighted by molar-refractivity contribution is 7.92. The third-order valence-electron chi connectivity index (χ3n) is 6.19. The van der Waals surface area contributed by atoms with Crippen LogP contribution in [0.15, 0.2) is 0 Å². The van der Waals surface area contributed by atoms with Gasteiger partial charge in [-0.05, 0) is 32.1 Å². The smallest absolute Gasteiger partial charge is 0.317 e. The zero-order valence-corrected chi connectivity index (χ0v) is 14.8. The zero-order valence-electron chi connectivity index (χ0n) is 14.0. The highest BCUT2D eigenvalue weighted by atomic mass is 32.2. The van der Waals surface area contributed by atoms with Crippen LogP contribution in [0.1, 0.15) is 51.4 Å². The van der Waals surface area contributed by atoms with E-state index < -0.39 is 14.6 Å². The summed E-state index contributed by atoms with van der Waals surface area (Å²) in [6.07, 6.45) is 7.31. The summed E-state index contributed by atoms with van der Waals surface area (Å²) < 4.78 is 30.0. The van der Waals surface area contributed by atoms with Crippen LogP contribution in [-0.2, 0) is 14.6 Å². The molecule has 0 atom stereocenters. The summed E-state index contributed by atoms with van der Waals surface area (Å²) in [6, 6.07) is -0.153. The van der Waals surface area contributed by atoms with Gasteiger partial charge in [-0.2, -0.15) is 0 Å². The van der Waals surface area contributed by atoms with Crippen LogP contribution in [0.5, 0.6) is 0 Å². The van der Waals surface area contributed by atoms with Gasteiger partial charge in [0.15, 0.2) is 9.84 Å². The number of ether oxygens (including phenoxy) is 1. The van der Waals surface area contributed by atoms with Crippen LogP contribution in [0.2, 0.25) is 0 Å². The third-order valence-corrected chi connectivity index (χ3v) is 8.84. The molecule has 1 spiro atoms. The van der Waals surface area contributed by atoms with E-state index in [0.29, 0.717) is 26.1 Å². The van der Waals surface area contributed by atoms with E-state index in [1.165, 1.54) is 0 Å². The second kappa shape index (κ2) is 6.24. The second-order valence-corrected chi connectivity index (χ2v) is 9.85. The molecule has 0 aromatic carbocycles. The Morgan fingerprint density at radius 1 is 1.09 bits per heavy atom. The maximum absolute atomic E-state index is 12.5. The quantitative estimate of drug-likeness (QED) is 0.845. The molecule has 3 rings (SSSR count). The first kappa shape index (κ1) is 17.0. The number of carbonyl (C=O) groups excluding carboxylic acids is 1. The second-order valence-electron chi connectivity index (χ2n) is 7.35. The molecular weight excluding hydrogens is 316 g/mol. The van der Waals surface area contributed by atoms with E-state index >= 15 is 0 Å². The molecule has 6 nitrogen and oxygen atoms in total. The van der Waals surface area contributed by atoms with E-state index in [-0.39, 0.29) is 17.4 Å². The molecule has 1 heterocycles. The van der Waals surface area contributed by atoms with Crippen LogP contribution < -0.4 is 5.32 Å². The van der Waals surface area contributed by atoms with E-state index in [9.17, 15) is 13.2 Å². The molecule has 1 saturated heterocycles. The number of carbonyl (C=O) groups is 1. The Morgan fingerprint density at radius 3 is 2.35 bits per heavy atom. The average Bonchev–Trinajstić information content (AvgIpc) is 2.90. The Labute approximate surface area is 138 Å². The van der Waals surface area contributed by atoms with Gasteiger partial charge in [0.2, 0.25) is 0 Å². The lowest BCUT2D eigenvalue weighted by Gasteiger charge is -2.39. The minimum atomic E-state index is -3.08. The van der Waals surface area contributed by atoms with Gasteiger partial charge in [0.1, 0.15) is 0 Å². The molecule has 0 bridgehead atoms. The van der Waals surface area contributed by atoms with Crippen molar-refractivity contribution in [1.29, 1.82) is 0 Å². The van der Waals surface area contributed by atoms with Crippen LogP contribution in [0, 0.1) is 0 Å². The molecule has 23 heavy (non-hydrogen) atoms. The number of hydrogen-bond acceptors (Lipinski definition) is 4. The fourth-order valence-corrected chi connectivity index (χ4v) is 6.42. The van der Waals surface area contributed by atoms with Gasteiger partial charge in [-0.3, -0.25) is 0 Å². The van der Waals surface area contributed by atoms with Gasteiger partial charge >= 0.3 is 6.03 Å². The SMILES string of the molecule is COC1(CNC(=O)N2CCC3(CCC3)S(=O)(=O)CC2)CCCC1. The highest BCUT2D eigenvalue weighted by Gasteiger charge is 2.50. The van der Waals surface area contributed by atoms with Crippen molar-refractivity contribution in [3.8, 4) is 0 Å². The maximum atomic E-state index is 12.5. The van der Waals surface area contributed by atoms with Gasteiger partial charge in [-0.25, -0.2) is 13.2 Å². The molecule has 2 aliphatic carbocycles. The summed E-state index contributed by atoms with van der Waals surface area (Å²) in [4.78, 5) is 14.1. The first-order valence-electron chi connectivity index (χ1n) is 8.72. The molecule has 0 unspecified atom stereocenters. The lowest BCUT2D eigenvalue weighted by molar-refractivity contribution is -0.00192. The Morgan fingerprint density at radius 2 is 1.78 bits per heavy atom. The van der Waals surface area contributed by atoms with Crippen LogP contribution in [-0.4, -0.2) is 62.2 Å². The number of nitrogens with zero attached hydrogens (tertiary/aromatic N) is 1. The molecule has 0 aromatic rings. The number of urea groups is 1. The van der Waals surface area contributed by atoms with Gasteiger partial charge < -0.3 is 15.0 Å². The van der Waals surface area contributed by atoms with Crippen molar-refractivity contribution >= 4 is 15.9 Å². The molecule has 0 aromatic heterocycles. The van der Waals surface area contributed by atoms with Crippen LogP contribution in [0.3, 0.4) is 0 Å². The van der Waals surface area contributed by atoms with Gasteiger partial charge in [0.05, 0.1) is 16.1 Å². The summed E-state index contributed by atoms with van der Waals surface area (Å²) in [5.74, 6) is 0.0931. The molecule has 1 aliphatic heterocycles. The highest BCUT2D eigenvalue weighted by Crippen LogP contribution is 2.43. The molecule has 2 amide bonds. The van der Waals surface area contributed by atoms with Crippen LogP contribution >= 0.6 is 0 Å². The number of amides is 2. The zero-order chi connectivity index (χ0) is 16.6. The van der Waals surface area contributed by atoms with E-state index in [0.717, 1.165) is 44.9 Å². The average molecular weight is 344 g/mol. The van der Waals surface area contributed by atoms with Crippen LogP contribution in [0.4, 0.5) is 4.79 Å². The minimum absolute atomic E-state index is 0.0931. The monoisotopic (exact) mass is 344 g/mol. The molecular formula is C16H28N2O4S. The van der Waals surface area contributed by atoms with E-state index in [4.69, 9.17) is 4.74 Å². The van der Waals surface area contributed by atoms with Crippen LogP contribution in [0.25, 0.3) is 0 Å². The van der Waals surface area contributed by atoms with Crippen molar-refractivity contribution in [3.05, 3.63) is 0 Å². The van der Waals surface area contributed by atoms with E-state index in [1.807, 2.05) is 0 Å². The van der Waals surface area contributed by atoms with Gasteiger partial charge in [0, 0.05) is 26.7 Å². The topological polar surface area (TPSA) is 75.7 Å². The normalized spacial score (nSPS) is 28.1. The molecule has 2 saturated carbocycles. The summed E-state index contributed by atoms with van der Waals surface area (Å²) in [5, 5.41) is 2.97. The Kier molecular flexibility index (Phi) is 4.62. The standard InChI is InChI=1S/C16H28N2O4S/c1-22-15(5-2-3-6-15)13-17-14(19)18-10-9-16(7-4-8-16)23(20,21)12-11-18/h2-13H2,1H3,(H,17,19). The van der Waals surface area contributed by atoms with Gasteiger partial charge in [-0.1, -0.05) is 19.3 Å². The Balaban J connectivity index is 1.58. The number of sulfone groups is 1. The number of hydrogen-bond donors (Lipinski definition) is 1. The molecule has 3 aliphatic rings. The van der Waals surface area contributed by atoms with Gasteiger partial charge in [-0.15, -0.1) is 0 Å².